The van der Waals surface area contributed by atoms with Crippen molar-refractivity contribution < 1.29 is 4.79 Å². The molecule has 3 rings (SSSR count). The fourth-order valence-electron chi connectivity index (χ4n) is 2.57. The lowest BCUT2D eigenvalue weighted by atomic mass is 9.77. The summed E-state index contributed by atoms with van der Waals surface area (Å²) in [6.07, 6.45) is 2.56. The second-order valence-electron chi connectivity index (χ2n) is 5.01. The Morgan fingerprint density at radius 2 is 2.20 bits per heavy atom. The number of anilines is 2. The number of nitrogens with zero attached hydrogens (tertiary/aromatic N) is 1. The van der Waals surface area contributed by atoms with Crippen molar-refractivity contribution >= 4 is 17.4 Å². The van der Waals surface area contributed by atoms with Crippen LogP contribution in [-0.2, 0) is 6.42 Å². The van der Waals surface area contributed by atoms with Crippen LogP contribution in [0.3, 0.4) is 0 Å². The van der Waals surface area contributed by atoms with Gasteiger partial charge >= 0.3 is 0 Å². The normalized spacial score (nSPS) is 16.1. The van der Waals surface area contributed by atoms with Gasteiger partial charge in [0.25, 0.3) is 5.91 Å². The van der Waals surface area contributed by atoms with Crippen molar-refractivity contribution in [2.24, 2.45) is 5.73 Å². The van der Waals surface area contributed by atoms with E-state index in [2.05, 4.69) is 28.5 Å². The molecule has 0 radical (unpaired) electrons. The van der Waals surface area contributed by atoms with E-state index in [1.54, 1.807) is 6.07 Å². The third kappa shape index (κ3) is 2.18. The number of rotatable bonds is 4. The van der Waals surface area contributed by atoms with Crippen molar-refractivity contribution in [3.8, 4) is 0 Å². The maximum absolute atomic E-state index is 11.4. The summed E-state index contributed by atoms with van der Waals surface area (Å²) in [7, 11) is 0. The Balaban J connectivity index is 1.73. The summed E-state index contributed by atoms with van der Waals surface area (Å²) in [5.74, 6) is 0.420. The predicted molar refractivity (Wildman–Crippen MR) is 78.5 cm³/mol. The molecule has 0 spiro atoms. The average molecular weight is 268 g/mol. The van der Waals surface area contributed by atoms with Crippen LogP contribution in [0.1, 0.15) is 27.4 Å². The maximum Gasteiger partial charge on any atom is 0.252 e. The number of aromatic nitrogens is 1. The highest BCUT2D eigenvalue weighted by molar-refractivity contribution is 5.98. The van der Waals surface area contributed by atoms with E-state index in [4.69, 9.17) is 11.5 Å². The SMILES string of the molecule is NC(=O)c1cc(N)cnc1NCC1Cc2ccccc21. The number of hydrogen-bond donors (Lipinski definition) is 3. The summed E-state index contributed by atoms with van der Waals surface area (Å²) < 4.78 is 0. The van der Waals surface area contributed by atoms with Gasteiger partial charge in [0.15, 0.2) is 0 Å². The minimum Gasteiger partial charge on any atom is -0.397 e. The lowest BCUT2D eigenvalue weighted by molar-refractivity contribution is 0.100. The Hall–Kier alpha value is -2.56. The summed E-state index contributed by atoms with van der Waals surface area (Å²) in [5, 5.41) is 3.20. The number of carbonyl (C=O) groups excluding carboxylic acids is 1. The number of carbonyl (C=O) groups is 1. The molecular formula is C15H16N4O. The Morgan fingerprint density at radius 1 is 1.40 bits per heavy atom. The highest BCUT2D eigenvalue weighted by Crippen LogP contribution is 2.34. The first-order valence-electron chi connectivity index (χ1n) is 6.52. The fraction of sp³-hybridized carbons (Fsp3) is 0.200. The molecule has 0 aliphatic heterocycles. The minimum atomic E-state index is -0.527. The molecule has 0 saturated heterocycles. The summed E-state index contributed by atoms with van der Waals surface area (Å²) >= 11 is 0. The highest BCUT2D eigenvalue weighted by Gasteiger charge is 2.25. The minimum absolute atomic E-state index is 0.331. The Morgan fingerprint density at radius 3 is 2.95 bits per heavy atom. The maximum atomic E-state index is 11.4. The van der Waals surface area contributed by atoms with Gasteiger partial charge in [-0.15, -0.1) is 0 Å². The molecule has 2 aromatic rings. The van der Waals surface area contributed by atoms with Gasteiger partial charge in [-0.3, -0.25) is 4.79 Å². The van der Waals surface area contributed by atoms with Crippen LogP contribution in [0.5, 0.6) is 0 Å². The van der Waals surface area contributed by atoms with Gasteiger partial charge in [0.1, 0.15) is 5.82 Å². The number of primary amides is 1. The van der Waals surface area contributed by atoms with E-state index in [9.17, 15) is 4.79 Å². The summed E-state index contributed by atoms with van der Waals surface area (Å²) in [6, 6.07) is 9.92. The largest absolute Gasteiger partial charge is 0.397 e. The van der Waals surface area contributed by atoms with Crippen molar-refractivity contribution in [2.75, 3.05) is 17.6 Å². The number of benzene rings is 1. The fourth-order valence-corrected chi connectivity index (χ4v) is 2.57. The lowest BCUT2D eigenvalue weighted by Crippen LogP contribution is -2.25. The van der Waals surface area contributed by atoms with Gasteiger partial charge in [0.05, 0.1) is 17.4 Å². The Labute approximate surface area is 117 Å². The molecule has 0 bridgehead atoms. The second kappa shape index (κ2) is 4.85. The van der Waals surface area contributed by atoms with E-state index in [-0.39, 0.29) is 0 Å². The molecule has 1 heterocycles. The zero-order chi connectivity index (χ0) is 14.1. The summed E-state index contributed by atoms with van der Waals surface area (Å²) in [4.78, 5) is 15.5. The molecule has 102 valence electrons. The second-order valence-corrected chi connectivity index (χ2v) is 5.01. The number of pyridine rings is 1. The van der Waals surface area contributed by atoms with Crippen molar-refractivity contribution in [2.45, 2.75) is 12.3 Å². The lowest BCUT2D eigenvalue weighted by Gasteiger charge is -2.30. The van der Waals surface area contributed by atoms with Crippen LogP contribution in [0, 0.1) is 0 Å². The van der Waals surface area contributed by atoms with E-state index in [0.29, 0.717) is 23.0 Å². The first-order chi connectivity index (χ1) is 9.65. The van der Waals surface area contributed by atoms with E-state index in [1.165, 1.54) is 17.3 Å². The molecule has 0 saturated carbocycles. The zero-order valence-electron chi connectivity index (χ0n) is 11.0. The van der Waals surface area contributed by atoms with Crippen molar-refractivity contribution in [3.63, 3.8) is 0 Å². The molecule has 1 aromatic heterocycles. The molecule has 20 heavy (non-hydrogen) atoms. The monoisotopic (exact) mass is 268 g/mol. The van der Waals surface area contributed by atoms with Crippen molar-refractivity contribution in [1.29, 1.82) is 0 Å². The number of nitrogens with two attached hydrogens (primary N) is 2. The van der Waals surface area contributed by atoms with Crippen LogP contribution in [0.15, 0.2) is 36.5 Å². The molecule has 1 aliphatic rings. The van der Waals surface area contributed by atoms with Gasteiger partial charge in [-0.25, -0.2) is 4.98 Å². The molecular weight excluding hydrogens is 252 g/mol. The molecule has 1 amide bonds. The predicted octanol–water partition coefficient (Wildman–Crippen LogP) is 1.51. The van der Waals surface area contributed by atoms with Gasteiger partial charge in [0, 0.05) is 12.5 Å². The van der Waals surface area contributed by atoms with Gasteiger partial charge in [-0.2, -0.15) is 0 Å². The average Bonchev–Trinajstić information content (AvgIpc) is 2.41. The number of amides is 1. The number of hydrogen-bond acceptors (Lipinski definition) is 4. The van der Waals surface area contributed by atoms with Crippen LogP contribution in [0.2, 0.25) is 0 Å². The number of fused-ring (bicyclic) bond motifs is 1. The van der Waals surface area contributed by atoms with Crippen LogP contribution in [0.25, 0.3) is 0 Å². The highest BCUT2D eigenvalue weighted by atomic mass is 16.1. The van der Waals surface area contributed by atoms with Gasteiger partial charge in [0.2, 0.25) is 0 Å². The van der Waals surface area contributed by atoms with Crippen LogP contribution < -0.4 is 16.8 Å². The van der Waals surface area contributed by atoms with Gasteiger partial charge in [-0.05, 0) is 23.6 Å². The molecule has 0 fully saturated rings. The number of nitrogen functional groups attached to an aromatic ring is 1. The molecule has 1 aromatic carbocycles. The van der Waals surface area contributed by atoms with Crippen molar-refractivity contribution in [3.05, 3.63) is 53.2 Å². The third-order valence-corrected chi connectivity index (χ3v) is 3.65. The first-order valence-corrected chi connectivity index (χ1v) is 6.52. The van der Waals surface area contributed by atoms with E-state index in [0.717, 1.165) is 13.0 Å². The van der Waals surface area contributed by atoms with Gasteiger partial charge < -0.3 is 16.8 Å². The quantitative estimate of drug-likeness (QED) is 0.783. The number of nitrogens with one attached hydrogen (secondary N) is 1. The van der Waals surface area contributed by atoms with Crippen molar-refractivity contribution in [1.82, 2.24) is 4.98 Å². The topological polar surface area (TPSA) is 94.0 Å². The van der Waals surface area contributed by atoms with E-state index < -0.39 is 5.91 Å². The molecule has 1 atom stereocenters. The zero-order valence-corrected chi connectivity index (χ0v) is 11.0. The summed E-state index contributed by atoms with van der Waals surface area (Å²) in [6.45, 7) is 0.730. The standard InChI is InChI=1S/C15H16N4O/c16-11-6-13(14(17)20)15(19-8-11)18-7-10-5-9-3-1-2-4-12(9)10/h1-4,6,8,10H,5,7,16H2,(H2,17,20)(H,18,19). The van der Waals surface area contributed by atoms with E-state index in [1.807, 2.05) is 6.07 Å². The molecule has 5 nitrogen and oxygen atoms in total. The molecule has 5 heteroatoms. The van der Waals surface area contributed by atoms with Crippen LogP contribution in [0.4, 0.5) is 11.5 Å². The molecule has 1 aliphatic carbocycles. The molecule has 1 unspecified atom stereocenters. The smallest absolute Gasteiger partial charge is 0.252 e. The van der Waals surface area contributed by atoms with Crippen LogP contribution in [-0.4, -0.2) is 17.4 Å². The third-order valence-electron chi connectivity index (χ3n) is 3.65. The Bertz CT molecular complexity index is 669. The van der Waals surface area contributed by atoms with Crippen LogP contribution >= 0.6 is 0 Å². The Kier molecular flexibility index (Phi) is 3.02. The molecule has 5 N–H and O–H groups in total. The first kappa shape index (κ1) is 12.5. The van der Waals surface area contributed by atoms with E-state index >= 15 is 0 Å². The van der Waals surface area contributed by atoms with Gasteiger partial charge in [-0.1, -0.05) is 24.3 Å². The summed E-state index contributed by atoms with van der Waals surface area (Å²) in [5.41, 5.74) is 14.5.